The molecule has 0 spiro atoms. The predicted octanol–water partition coefficient (Wildman–Crippen LogP) is 3.77. The summed E-state index contributed by atoms with van der Waals surface area (Å²) >= 11 is 1.44. The Kier molecular flexibility index (Phi) is 4.82. The summed E-state index contributed by atoms with van der Waals surface area (Å²) in [5.41, 5.74) is 3.59. The summed E-state index contributed by atoms with van der Waals surface area (Å²) < 4.78 is 0. The van der Waals surface area contributed by atoms with E-state index < -0.39 is 23.4 Å². The minimum atomic E-state index is -1.40. The highest BCUT2D eigenvalue weighted by Crippen LogP contribution is 2.36. The second-order valence-electron chi connectivity index (χ2n) is 7.76. The van der Waals surface area contributed by atoms with Gasteiger partial charge in [-0.15, -0.1) is 11.3 Å². The highest BCUT2D eigenvalue weighted by atomic mass is 32.1. The molecule has 0 saturated carbocycles. The summed E-state index contributed by atoms with van der Waals surface area (Å²) in [6.07, 6.45) is 4.18. The normalized spacial score (nSPS) is 17.2. The summed E-state index contributed by atoms with van der Waals surface area (Å²) in [7, 11) is 0. The van der Waals surface area contributed by atoms with Crippen LogP contribution < -0.4 is 10.7 Å². The number of rotatable bonds is 4. The van der Waals surface area contributed by atoms with E-state index in [9.17, 15) is 14.4 Å². The predicted molar refractivity (Wildman–Crippen MR) is 117 cm³/mol. The van der Waals surface area contributed by atoms with Crippen molar-refractivity contribution in [2.24, 2.45) is 0 Å². The van der Waals surface area contributed by atoms with Crippen LogP contribution >= 0.6 is 11.3 Å². The van der Waals surface area contributed by atoms with Gasteiger partial charge >= 0.3 is 6.03 Å². The fraction of sp³-hybridized carbons (Fsp3) is 0.208. The molecule has 0 bridgehead atoms. The molecule has 3 aromatic rings. The summed E-state index contributed by atoms with van der Waals surface area (Å²) in [5.74, 6) is -0.982. The van der Waals surface area contributed by atoms with Crippen LogP contribution in [0.1, 0.15) is 44.1 Å². The zero-order chi connectivity index (χ0) is 21.4. The number of carbonyl (C=O) groups is 3. The third-order valence-electron chi connectivity index (χ3n) is 5.87. The van der Waals surface area contributed by atoms with Crippen LogP contribution in [0.2, 0.25) is 0 Å². The van der Waals surface area contributed by atoms with Crippen molar-refractivity contribution in [3.63, 3.8) is 0 Å². The first kappa shape index (κ1) is 19.5. The molecule has 1 fully saturated rings. The Morgan fingerprint density at radius 2 is 1.55 bits per heavy atom. The second-order valence-corrected chi connectivity index (χ2v) is 8.90. The van der Waals surface area contributed by atoms with Crippen LogP contribution in [0.4, 0.5) is 4.79 Å². The highest BCUT2D eigenvalue weighted by molar-refractivity contribution is 7.14. The van der Waals surface area contributed by atoms with E-state index in [4.69, 9.17) is 0 Å². The molecule has 31 heavy (non-hydrogen) atoms. The number of fused-ring (bicyclic) bond motifs is 1. The van der Waals surface area contributed by atoms with Gasteiger partial charge in [0.25, 0.3) is 11.8 Å². The van der Waals surface area contributed by atoms with Crippen molar-refractivity contribution in [3.05, 3.63) is 93.2 Å². The zero-order valence-electron chi connectivity index (χ0n) is 16.8. The molecule has 0 unspecified atom stereocenters. The van der Waals surface area contributed by atoms with Crippen molar-refractivity contribution in [1.29, 1.82) is 0 Å². The molecule has 1 aliphatic heterocycles. The molecule has 156 valence electrons. The highest BCUT2D eigenvalue weighted by Gasteiger charge is 2.54. The maximum absolute atomic E-state index is 13.6. The molecule has 1 aliphatic carbocycles. The van der Waals surface area contributed by atoms with Gasteiger partial charge in [-0.05, 0) is 48.4 Å². The number of aryl methyl sites for hydroxylation is 2. The van der Waals surface area contributed by atoms with Gasteiger partial charge in [0.05, 0.1) is 4.88 Å². The SMILES string of the molecule is O=C(NN1C(=O)NC(c2ccccc2)(c2ccccc2)C1=O)c1cc2c(s1)CCCC2. The maximum Gasteiger partial charge on any atom is 0.344 e. The van der Waals surface area contributed by atoms with Gasteiger partial charge in [0.2, 0.25) is 0 Å². The molecule has 0 atom stereocenters. The van der Waals surface area contributed by atoms with Crippen LogP contribution in [0.3, 0.4) is 0 Å². The van der Waals surface area contributed by atoms with E-state index in [1.54, 1.807) is 24.3 Å². The number of nitrogens with one attached hydrogen (secondary N) is 2. The smallest absolute Gasteiger partial charge is 0.314 e. The molecule has 7 heteroatoms. The average molecular weight is 432 g/mol. The standard InChI is InChI=1S/C24H21N3O3S/c28-21(20-15-16-9-7-8-14-19(16)31-20)26-27-22(29)24(25-23(27)30,17-10-3-1-4-11-17)18-12-5-2-6-13-18/h1-6,10-13,15H,7-9,14H2,(H,25,30)(H,26,28). The maximum atomic E-state index is 13.6. The Labute approximate surface area is 183 Å². The number of hydrazine groups is 1. The molecular formula is C24H21N3O3S. The van der Waals surface area contributed by atoms with E-state index in [2.05, 4.69) is 10.7 Å². The van der Waals surface area contributed by atoms with Crippen LogP contribution in [0.15, 0.2) is 66.7 Å². The van der Waals surface area contributed by atoms with Gasteiger partial charge < -0.3 is 5.32 Å². The molecule has 0 radical (unpaired) electrons. The minimum absolute atomic E-state index is 0.445. The first-order chi connectivity index (χ1) is 15.1. The van der Waals surface area contributed by atoms with Gasteiger partial charge in [0, 0.05) is 4.88 Å². The largest absolute Gasteiger partial charge is 0.344 e. The number of thiophene rings is 1. The van der Waals surface area contributed by atoms with Crippen LogP contribution in [0.5, 0.6) is 0 Å². The van der Waals surface area contributed by atoms with Gasteiger partial charge in [-0.3, -0.25) is 15.0 Å². The van der Waals surface area contributed by atoms with E-state index in [0.717, 1.165) is 30.7 Å². The fourth-order valence-electron chi connectivity index (χ4n) is 4.32. The summed E-state index contributed by atoms with van der Waals surface area (Å²) in [6, 6.07) is 19.4. The Balaban J connectivity index is 1.49. The van der Waals surface area contributed by atoms with Crippen molar-refractivity contribution < 1.29 is 14.4 Å². The first-order valence-corrected chi connectivity index (χ1v) is 11.1. The Bertz CT molecular complexity index is 1090. The molecule has 1 aromatic heterocycles. The van der Waals surface area contributed by atoms with Crippen LogP contribution in [-0.4, -0.2) is 22.9 Å². The zero-order valence-corrected chi connectivity index (χ0v) is 17.6. The van der Waals surface area contributed by atoms with E-state index in [1.807, 2.05) is 42.5 Å². The number of urea groups is 1. The van der Waals surface area contributed by atoms with Gasteiger partial charge in [-0.2, -0.15) is 5.01 Å². The molecule has 5 rings (SSSR count). The summed E-state index contributed by atoms with van der Waals surface area (Å²) in [6.45, 7) is 0. The van der Waals surface area contributed by atoms with Crippen LogP contribution in [-0.2, 0) is 23.2 Å². The van der Waals surface area contributed by atoms with Crippen molar-refractivity contribution in [1.82, 2.24) is 15.8 Å². The lowest BCUT2D eigenvalue weighted by Crippen LogP contribution is -2.49. The molecule has 2 aromatic carbocycles. The molecule has 2 aliphatic rings. The van der Waals surface area contributed by atoms with E-state index >= 15 is 0 Å². The molecule has 2 heterocycles. The van der Waals surface area contributed by atoms with Gasteiger partial charge in [0.1, 0.15) is 0 Å². The Morgan fingerprint density at radius 3 is 2.16 bits per heavy atom. The van der Waals surface area contributed by atoms with Crippen molar-refractivity contribution in [2.45, 2.75) is 31.2 Å². The number of benzene rings is 2. The second kappa shape index (κ2) is 7.67. The summed E-state index contributed by atoms with van der Waals surface area (Å²) in [5, 5.41) is 3.64. The van der Waals surface area contributed by atoms with Crippen LogP contribution in [0, 0.1) is 0 Å². The number of carbonyl (C=O) groups excluding carboxylic acids is 3. The molecule has 1 saturated heterocycles. The van der Waals surface area contributed by atoms with Crippen LogP contribution in [0.25, 0.3) is 0 Å². The van der Waals surface area contributed by atoms with Crippen molar-refractivity contribution >= 4 is 29.2 Å². The molecule has 6 nitrogen and oxygen atoms in total. The van der Waals surface area contributed by atoms with E-state index in [1.165, 1.54) is 21.8 Å². The van der Waals surface area contributed by atoms with Crippen molar-refractivity contribution in [2.75, 3.05) is 0 Å². The number of hydrogen-bond acceptors (Lipinski definition) is 4. The molecule has 4 amide bonds. The third kappa shape index (κ3) is 3.21. The fourth-order valence-corrected chi connectivity index (χ4v) is 5.47. The minimum Gasteiger partial charge on any atom is -0.314 e. The number of imide groups is 1. The first-order valence-electron chi connectivity index (χ1n) is 10.3. The van der Waals surface area contributed by atoms with E-state index in [-0.39, 0.29) is 0 Å². The third-order valence-corrected chi connectivity index (χ3v) is 7.10. The lowest BCUT2D eigenvalue weighted by atomic mass is 9.83. The lowest BCUT2D eigenvalue weighted by Gasteiger charge is -2.27. The lowest BCUT2D eigenvalue weighted by molar-refractivity contribution is -0.131. The number of nitrogens with zero attached hydrogens (tertiary/aromatic N) is 1. The average Bonchev–Trinajstić information content (AvgIpc) is 3.35. The monoisotopic (exact) mass is 431 g/mol. The summed E-state index contributed by atoms with van der Waals surface area (Å²) in [4.78, 5) is 41.2. The Morgan fingerprint density at radius 1 is 0.935 bits per heavy atom. The van der Waals surface area contributed by atoms with Gasteiger partial charge in [-0.25, -0.2) is 4.79 Å². The number of hydrogen-bond donors (Lipinski definition) is 2. The Hall–Kier alpha value is -3.45. The van der Waals surface area contributed by atoms with E-state index in [0.29, 0.717) is 16.0 Å². The van der Waals surface area contributed by atoms with Gasteiger partial charge in [0.15, 0.2) is 5.54 Å². The number of amides is 4. The van der Waals surface area contributed by atoms with Crippen molar-refractivity contribution in [3.8, 4) is 0 Å². The quantitative estimate of drug-likeness (QED) is 0.618. The van der Waals surface area contributed by atoms with Gasteiger partial charge in [-0.1, -0.05) is 60.7 Å². The topological polar surface area (TPSA) is 78.5 Å². The molecule has 2 N–H and O–H groups in total. The molecular weight excluding hydrogens is 410 g/mol.